The summed E-state index contributed by atoms with van der Waals surface area (Å²) in [5, 5.41) is 0. The number of nitrogens with one attached hydrogen (secondary N) is 1. The zero-order chi connectivity index (χ0) is 9.61. The molecule has 0 radical (unpaired) electrons. The third-order valence-electron chi connectivity index (χ3n) is 1.71. The van der Waals surface area contributed by atoms with Crippen LogP contribution in [-0.2, 0) is 10.3 Å². The van der Waals surface area contributed by atoms with E-state index < -0.39 is 10.3 Å². The first-order chi connectivity index (χ1) is 5.49. The quantitative estimate of drug-likeness (QED) is 0.629. The topological polar surface area (TPSA) is 66.4 Å². The average molecular weight is 195 g/mol. The minimum atomic E-state index is -4.02. The lowest BCUT2D eigenvalue weighted by molar-refractivity contribution is 0.435. The number of unbranched alkanes of at least 4 members (excludes halogenated alkanes) is 1. The number of hydrogen-bond acceptors (Lipinski definition) is 2. The predicted molar refractivity (Wildman–Crippen MR) is 48.3 cm³/mol. The van der Waals surface area contributed by atoms with Crippen molar-refractivity contribution >= 4 is 10.3 Å². The molecule has 0 fully saturated rings. The Balaban J connectivity index is 3.83. The summed E-state index contributed by atoms with van der Waals surface area (Å²) < 4.78 is 31.5. The monoisotopic (exact) mass is 195 g/mol. The largest absolute Gasteiger partial charge is 0.333 e. The van der Waals surface area contributed by atoms with Gasteiger partial charge in [0, 0.05) is 6.04 Å². The maximum atomic E-state index is 10.4. The molecule has 74 valence electrons. The molecule has 0 bridgehead atoms. The summed E-state index contributed by atoms with van der Waals surface area (Å²) in [6, 6.07) is -0.125. The van der Waals surface area contributed by atoms with Gasteiger partial charge in [0.2, 0.25) is 0 Å². The Kier molecular flexibility index (Phi) is 5.44. The first kappa shape index (κ1) is 11.9. The molecule has 12 heavy (non-hydrogen) atoms. The first-order valence-corrected chi connectivity index (χ1v) is 5.68. The van der Waals surface area contributed by atoms with Crippen molar-refractivity contribution in [2.45, 2.75) is 45.6 Å². The molecule has 1 atom stereocenters. The molecule has 0 aliphatic heterocycles. The highest BCUT2D eigenvalue weighted by molar-refractivity contribution is 7.83. The van der Waals surface area contributed by atoms with E-state index in [9.17, 15) is 8.42 Å². The van der Waals surface area contributed by atoms with Crippen molar-refractivity contribution in [3.05, 3.63) is 0 Å². The Morgan fingerprint density at radius 1 is 1.42 bits per heavy atom. The van der Waals surface area contributed by atoms with Crippen LogP contribution in [0.5, 0.6) is 0 Å². The molecular weight excluding hydrogens is 178 g/mol. The van der Waals surface area contributed by atoms with E-state index in [0.29, 0.717) is 6.42 Å². The second-order valence-electron chi connectivity index (χ2n) is 2.84. The second kappa shape index (κ2) is 5.50. The van der Waals surface area contributed by atoms with Crippen molar-refractivity contribution in [2.24, 2.45) is 0 Å². The Bertz CT molecular complexity index is 201. The molecule has 2 N–H and O–H groups in total. The van der Waals surface area contributed by atoms with Crippen LogP contribution in [0.15, 0.2) is 0 Å². The number of rotatable bonds is 6. The summed E-state index contributed by atoms with van der Waals surface area (Å²) in [6.45, 7) is 3.93. The molecule has 1 unspecified atom stereocenters. The van der Waals surface area contributed by atoms with Crippen LogP contribution in [-0.4, -0.2) is 19.0 Å². The molecule has 0 heterocycles. The fourth-order valence-corrected chi connectivity index (χ4v) is 1.71. The number of hydrogen-bond donors (Lipinski definition) is 2. The van der Waals surface area contributed by atoms with Gasteiger partial charge in [0.25, 0.3) is 0 Å². The van der Waals surface area contributed by atoms with Crippen LogP contribution in [0.1, 0.15) is 39.5 Å². The highest BCUT2D eigenvalue weighted by atomic mass is 32.2. The van der Waals surface area contributed by atoms with Crippen molar-refractivity contribution in [1.82, 2.24) is 4.72 Å². The molecule has 0 rings (SSSR count). The van der Waals surface area contributed by atoms with E-state index in [1.807, 2.05) is 13.8 Å². The molecule has 0 amide bonds. The van der Waals surface area contributed by atoms with Crippen molar-refractivity contribution in [2.75, 3.05) is 0 Å². The Morgan fingerprint density at radius 3 is 2.33 bits per heavy atom. The zero-order valence-electron chi connectivity index (χ0n) is 7.58. The van der Waals surface area contributed by atoms with Crippen LogP contribution >= 0.6 is 0 Å². The standard InChI is InChI=1S/C7H17NO3S/c1-3-5-6-7(4-2)8-12(9,10)11/h7-8H,3-6H2,1-2H3,(H,9,10,11). The summed E-state index contributed by atoms with van der Waals surface area (Å²) in [5.74, 6) is 0. The normalized spacial score (nSPS) is 14.6. The van der Waals surface area contributed by atoms with E-state index in [-0.39, 0.29) is 6.04 Å². The van der Waals surface area contributed by atoms with E-state index in [1.54, 1.807) is 0 Å². The fraction of sp³-hybridized carbons (Fsp3) is 1.00. The molecule has 0 spiro atoms. The molecule has 4 nitrogen and oxygen atoms in total. The van der Waals surface area contributed by atoms with Crippen LogP contribution in [0.25, 0.3) is 0 Å². The van der Waals surface area contributed by atoms with Crippen molar-refractivity contribution in [3.63, 3.8) is 0 Å². The van der Waals surface area contributed by atoms with Gasteiger partial charge in [-0.2, -0.15) is 13.1 Å². The van der Waals surface area contributed by atoms with E-state index in [4.69, 9.17) is 4.55 Å². The van der Waals surface area contributed by atoms with Gasteiger partial charge in [0.15, 0.2) is 0 Å². The van der Waals surface area contributed by atoms with E-state index >= 15 is 0 Å². The molecule has 0 saturated heterocycles. The Labute approximate surface area is 74.2 Å². The zero-order valence-corrected chi connectivity index (χ0v) is 8.39. The maximum absolute atomic E-state index is 10.4. The van der Waals surface area contributed by atoms with Gasteiger partial charge >= 0.3 is 10.3 Å². The summed E-state index contributed by atoms with van der Waals surface area (Å²) >= 11 is 0. The molecule has 0 aliphatic rings. The van der Waals surface area contributed by atoms with Gasteiger partial charge in [-0.25, -0.2) is 0 Å². The van der Waals surface area contributed by atoms with Crippen LogP contribution in [0.3, 0.4) is 0 Å². The lowest BCUT2D eigenvalue weighted by atomic mass is 10.1. The van der Waals surface area contributed by atoms with Crippen molar-refractivity contribution < 1.29 is 13.0 Å². The minimum Gasteiger partial charge on any atom is -0.273 e. The molecule has 0 aromatic rings. The molecule has 0 aromatic carbocycles. The summed E-state index contributed by atoms with van der Waals surface area (Å²) in [5.41, 5.74) is 0. The highest BCUT2D eigenvalue weighted by Crippen LogP contribution is 2.04. The molecular formula is C7H17NO3S. The lowest BCUT2D eigenvalue weighted by Gasteiger charge is -2.13. The van der Waals surface area contributed by atoms with Gasteiger partial charge in [-0.05, 0) is 12.8 Å². The molecule has 5 heteroatoms. The Morgan fingerprint density at radius 2 is 2.00 bits per heavy atom. The lowest BCUT2D eigenvalue weighted by Crippen LogP contribution is -2.33. The van der Waals surface area contributed by atoms with E-state index in [1.165, 1.54) is 0 Å². The summed E-state index contributed by atoms with van der Waals surface area (Å²) in [4.78, 5) is 0. The second-order valence-corrected chi connectivity index (χ2v) is 4.03. The first-order valence-electron chi connectivity index (χ1n) is 4.24. The van der Waals surface area contributed by atoms with E-state index in [2.05, 4.69) is 4.72 Å². The third kappa shape index (κ3) is 6.57. The Hall–Kier alpha value is -0.130. The van der Waals surface area contributed by atoms with Gasteiger partial charge < -0.3 is 0 Å². The van der Waals surface area contributed by atoms with Crippen LogP contribution < -0.4 is 4.72 Å². The van der Waals surface area contributed by atoms with Gasteiger partial charge in [0.05, 0.1) is 0 Å². The van der Waals surface area contributed by atoms with Crippen LogP contribution in [0.2, 0.25) is 0 Å². The van der Waals surface area contributed by atoms with Crippen molar-refractivity contribution in [1.29, 1.82) is 0 Å². The predicted octanol–water partition coefficient (Wildman–Crippen LogP) is 1.35. The van der Waals surface area contributed by atoms with Gasteiger partial charge in [-0.3, -0.25) is 4.55 Å². The smallest absolute Gasteiger partial charge is 0.273 e. The summed E-state index contributed by atoms with van der Waals surface area (Å²) in [6.07, 6.45) is 3.50. The van der Waals surface area contributed by atoms with Gasteiger partial charge in [-0.15, -0.1) is 0 Å². The highest BCUT2D eigenvalue weighted by Gasteiger charge is 2.11. The third-order valence-corrected chi connectivity index (χ3v) is 2.35. The van der Waals surface area contributed by atoms with Crippen LogP contribution in [0, 0.1) is 0 Å². The molecule has 0 saturated carbocycles. The summed E-state index contributed by atoms with van der Waals surface area (Å²) in [7, 11) is -4.02. The van der Waals surface area contributed by atoms with Gasteiger partial charge in [-0.1, -0.05) is 26.7 Å². The molecule has 0 aromatic heterocycles. The fourth-order valence-electron chi connectivity index (χ4n) is 1.01. The molecule has 0 aliphatic carbocycles. The SMILES string of the molecule is CCCCC(CC)NS(=O)(=O)O. The van der Waals surface area contributed by atoms with Crippen molar-refractivity contribution in [3.8, 4) is 0 Å². The maximum Gasteiger partial charge on any atom is 0.333 e. The minimum absolute atomic E-state index is 0.125. The van der Waals surface area contributed by atoms with E-state index in [0.717, 1.165) is 19.3 Å². The van der Waals surface area contributed by atoms with Gasteiger partial charge in [0.1, 0.15) is 0 Å². The van der Waals surface area contributed by atoms with Crippen LogP contribution in [0.4, 0.5) is 0 Å². The average Bonchev–Trinajstić information content (AvgIpc) is 1.95.